The number of methoxy groups -OCH3 is 1. The summed E-state index contributed by atoms with van der Waals surface area (Å²) in [5.74, 6) is 2.01. The first kappa shape index (κ1) is 20.6. The molecule has 1 unspecified atom stereocenters. The average Bonchev–Trinajstić information content (AvgIpc) is 2.69. The van der Waals surface area contributed by atoms with Crippen LogP contribution in [0, 0.1) is 12.3 Å². The number of hydrogen-bond acceptors (Lipinski definition) is 5. The Morgan fingerprint density at radius 2 is 2.03 bits per heavy atom. The summed E-state index contributed by atoms with van der Waals surface area (Å²) in [4.78, 5) is 41.5. The summed E-state index contributed by atoms with van der Waals surface area (Å²) in [7, 11) is 1.55. The van der Waals surface area contributed by atoms with Gasteiger partial charge in [0.15, 0.2) is 0 Å². The second-order valence-corrected chi connectivity index (χ2v) is 6.97. The number of hydrogen-bond donors (Lipinski definition) is 1. The Kier molecular flexibility index (Phi) is 6.36. The predicted molar refractivity (Wildman–Crippen MR) is 105 cm³/mol. The fourth-order valence-corrected chi connectivity index (χ4v) is 3.90. The van der Waals surface area contributed by atoms with Gasteiger partial charge in [-0.1, -0.05) is 36.3 Å². The van der Waals surface area contributed by atoms with Crippen molar-refractivity contribution in [2.45, 2.75) is 18.6 Å². The van der Waals surface area contributed by atoms with Crippen molar-refractivity contribution in [1.82, 2.24) is 19.8 Å². The number of benzene rings is 1. The third kappa shape index (κ3) is 4.18. The minimum absolute atomic E-state index is 0.0639. The number of fused-ring (bicyclic) bond motifs is 1. The molecule has 9 heteroatoms. The van der Waals surface area contributed by atoms with Gasteiger partial charge in [-0.2, -0.15) is 5.01 Å². The Labute approximate surface area is 169 Å². The molecule has 29 heavy (non-hydrogen) atoms. The fourth-order valence-electron chi connectivity index (χ4n) is 3.90. The van der Waals surface area contributed by atoms with E-state index in [4.69, 9.17) is 16.9 Å². The summed E-state index contributed by atoms with van der Waals surface area (Å²) in [6, 6.07) is 8.00. The number of amides is 4. The lowest BCUT2D eigenvalue weighted by Gasteiger charge is -2.54. The number of carbonyl (C=O) groups is 3. The first-order chi connectivity index (χ1) is 14.0. The molecule has 2 fully saturated rings. The summed E-state index contributed by atoms with van der Waals surface area (Å²) in [6.45, 7) is 0.786. The van der Waals surface area contributed by atoms with Crippen LogP contribution in [0.25, 0.3) is 0 Å². The van der Waals surface area contributed by atoms with Gasteiger partial charge in [-0.3, -0.25) is 9.59 Å². The largest absolute Gasteiger partial charge is 0.383 e. The Bertz CT molecular complexity index is 809. The summed E-state index contributed by atoms with van der Waals surface area (Å²) >= 11 is 0. The monoisotopic (exact) mass is 399 g/mol. The number of carbonyl (C=O) groups excluding carboxylic acids is 3. The van der Waals surface area contributed by atoms with Crippen molar-refractivity contribution >= 4 is 17.8 Å². The molecule has 2 aliphatic heterocycles. The second-order valence-electron chi connectivity index (χ2n) is 6.97. The Balaban J connectivity index is 1.98. The maximum atomic E-state index is 13.2. The van der Waals surface area contributed by atoms with Crippen LogP contribution in [0.1, 0.15) is 5.56 Å². The van der Waals surface area contributed by atoms with Gasteiger partial charge in [-0.05, 0) is 5.56 Å². The van der Waals surface area contributed by atoms with E-state index in [1.165, 1.54) is 14.9 Å². The van der Waals surface area contributed by atoms with Crippen LogP contribution in [0.3, 0.4) is 0 Å². The molecule has 0 bridgehead atoms. The molecule has 2 N–H and O–H groups in total. The summed E-state index contributed by atoms with van der Waals surface area (Å²) in [5, 5.41) is 2.75. The number of nitrogens with two attached hydrogens (primary N) is 1. The van der Waals surface area contributed by atoms with Crippen LogP contribution < -0.4 is 5.73 Å². The van der Waals surface area contributed by atoms with Crippen LogP contribution in [-0.2, 0) is 20.7 Å². The number of urea groups is 1. The molecule has 3 rings (SSSR count). The first-order valence-corrected chi connectivity index (χ1v) is 9.37. The smallest absolute Gasteiger partial charge is 0.331 e. The third-order valence-electron chi connectivity index (χ3n) is 5.17. The summed E-state index contributed by atoms with van der Waals surface area (Å²) in [6.07, 6.45) is 5.03. The van der Waals surface area contributed by atoms with E-state index in [0.717, 1.165) is 5.56 Å². The fraction of sp³-hybridized carbons (Fsp3) is 0.450. The number of primary amides is 1. The molecule has 2 heterocycles. The van der Waals surface area contributed by atoms with Gasteiger partial charge in [0.05, 0.1) is 26.2 Å². The highest BCUT2D eigenvalue weighted by atomic mass is 16.5. The van der Waals surface area contributed by atoms with E-state index in [1.807, 2.05) is 30.3 Å². The molecule has 0 aromatic heterocycles. The molecule has 0 aliphatic carbocycles. The molecule has 2 saturated heterocycles. The number of terminal acetylenes is 1. The molecule has 154 valence electrons. The second kappa shape index (κ2) is 8.94. The minimum Gasteiger partial charge on any atom is -0.383 e. The lowest BCUT2D eigenvalue weighted by atomic mass is 9.99. The van der Waals surface area contributed by atoms with E-state index in [-0.39, 0.29) is 31.4 Å². The van der Waals surface area contributed by atoms with Crippen LogP contribution in [0.4, 0.5) is 4.79 Å². The van der Waals surface area contributed by atoms with Crippen LogP contribution >= 0.6 is 0 Å². The van der Waals surface area contributed by atoms with Gasteiger partial charge >= 0.3 is 6.03 Å². The van der Waals surface area contributed by atoms with E-state index < -0.39 is 18.2 Å². The molecule has 4 amide bonds. The summed E-state index contributed by atoms with van der Waals surface area (Å²) < 4.78 is 5.12. The zero-order valence-electron chi connectivity index (χ0n) is 16.4. The number of rotatable bonds is 6. The third-order valence-corrected chi connectivity index (χ3v) is 5.17. The highest BCUT2D eigenvalue weighted by Crippen LogP contribution is 2.27. The quantitative estimate of drug-likeness (QED) is 0.650. The molecule has 1 aromatic carbocycles. The number of nitrogens with zero attached hydrogens (tertiary/aromatic N) is 4. The molecule has 0 spiro atoms. The standard InChI is InChI=1S/C20H25N5O4/c1-3-9-23-14-18(26)24-16(12-15-7-5-4-6-8-15)19(27)22(10-11-29-2)13-17(24)25(23)20(21)28/h1,4-8,16-17H,9-14H2,2H3,(H2,21,28)/t16-,17?/m0/s1. The molecule has 2 atom stereocenters. The Morgan fingerprint density at radius 1 is 1.31 bits per heavy atom. The zero-order valence-corrected chi connectivity index (χ0v) is 16.4. The SMILES string of the molecule is C#CCN1CC(=O)N2C(CN(CCOC)C(=O)[C@@H]2Cc2ccccc2)N1C(N)=O. The van der Waals surface area contributed by atoms with E-state index in [1.54, 1.807) is 12.0 Å². The maximum Gasteiger partial charge on any atom is 0.331 e. The van der Waals surface area contributed by atoms with Gasteiger partial charge in [-0.25, -0.2) is 9.80 Å². The van der Waals surface area contributed by atoms with Gasteiger partial charge in [-0.15, -0.1) is 6.42 Å². The highest BCUT2D eigenvalue weighted by Gasteiger charge is 2.50. The zero-order chi connectivity index (χ0) is 21.0. The Hall–Kier alpha value is -3.09. The van der Waals surface area contributed by atoms with Gasteiger partial charge in [0.1, 0.15) is 12.2 Å². The molecule has 2 aliphatic rings. The van der Waals surface area contributed by atoms with Crippen molar-refractivity contribution in [1.29, 1.82) is 0 Å². The number of hydrazine groups is 1. The van der Waals surface area contributed by atoms with Gasteiger partial charge in [0.25, 0.3) is 0 Å². The van der Waals surface area contributed by atoms with E-state index in [0.29, 0.717) is 19.6 Å². The van der Waals surface area contributed by atoms with Crippen LogP contribution in [0.2, 0.25) is 0 Å². The molecular weight excluding hydrogens is 374 g/mol. The predicted octanol–water partition coefficient (Wildman–Crippen LogP) is -0.514. The van der Waals surface area contributed by atoms with E-state index in [2.05, 4.69) is 5.92 Å². The Morgan fingerprint density at radius 3 is 2.66 bits per heavy atom. The molecule has 9 nitrogen and oxygen atoms in total. The van der Waals surface area contributed by atoms with Gasteiger partial charge < -0.3 is 20.3 Å². The molecular formula is C20H25N5O4. The van der Waals surface area contributed by atoms with E-state index >= 15 is 0 Å². The average molecular weight is 399 g/mol. The van der Waals surface area contributed by atoms with Crippen LogP contribution in [0.15, 0.2) is 30.3 Å². The van der Waals surface area contributed by atoms with Crippen LogP contribution in [0.5, 0.6) is 0 Å². The van der Waals surface area contributed by atoms with Crippen molar-refractivity contribution in [3.8, 4) is 12.3 Å². The van der Waals surface area contributed by atoms with Gasteiger partial charge in [0, 0.05) is 20.1 Å². The molecule has 0 saturated carbocycles. The molecule has 0 radical (unpaired) electrons. The van der Waals surface area contributed by atoms with E-state index in [9.17, 15) is 14.4 Å². The molecule has 1 aromatic rings. The summed E-state index contributed by atoms with van der Waals surface area (Å²) in [5.41, 5.74) is 6.55. The van der Waals surface area contributed by atoms with Crippen molar-refractivity contribution in [2.24, 2.45) is 5.73 Å². The number of piperazine rings is 1. The topological polar surface area (TPSA) is 99.4 Å². The minimum atomic E-state index is -0.740. The normalized spacial score (nSPS) is 22.4. The first-order valence-electron chi connectivity index (χ1n) is 9.37. The van der Waals surface area contributed by atoms with Gasteiger partial charge in [0.2, 0.25) is 11.8 Å². The maximum absolute atomic E-state index is 13.2. The number of ether oxygens (including phenoxy) is 1. The van der Waals surface area contributed by atoms with Crippen molar-refractivity contribution in [2.75, 3.05) is 39.9 Å². The lowest BCUT2D eigenvalue weighted by Crippen LogP contribution is -2.76. The highest BCUT2D eigenvalue weighted by molar-refractivity contribution is 5.91. The lowest BCUT2D eigenvalue weighted by molar-refractivity contribution is -0.188. The van der Waals surface area contributed by atoms with Crippen LogP contribution in [-0.4, -0.2) is 89.8 Å². The van der Waals surface area contributed by atoms with Crippen molar-refractivity contribution in [3.05, 3.63) is 35.9 Å². The van der Waals surface area contributed by atoms with Crippen molar-refractivity contribution < 1.29 is 19.1 Å². The van der Waals surface area contributed by atoms with Crippen molar-refractivity contribution in [3.63, 3.8) is 0 Å².